The molecule has 7 heteroatoms. The van der Waals surface area contributed by atoms with Crippen molar-refractivity contribution in [2.75, 3.05) is 25.9 Å². The van der Waals surface area contributed by atoms with Crippen molar-refractivity contribution < 1.29 is 13.2 Å². The molecule has 5 nitrogen and oxygen atoms in total. The van der Waals surface area contributed by atoms with Gasteiger partial charge in [0.2, 0.25) is 15.9 Å². The zero-order valence-corrected chi connectivity index (χ0v) is 13.0. The van der Waals surface area contributed by atoms with E-state index in [0.29, 0.717) is 23.7 Å². The molecule has 1 aromatic rings. The van der Waals surface area contributed by atoms with Crippen molar-refractivity contribution in [1.29, 1.82) is 0 Å². The van der Waals surface area contributed by atoms with E-state index >= 15 is 0 Å². The van der Waals surface area contributed by atoms with E-state index in [0.717, 1.165) is 17.7 Å². The van der Waals surface area contributed by atoms with Crippen LogP contribution in [0.3, 0.4) is 0 Å². The lowest BCUT2D eigenvalue weighted by Gasteiger charge is -2.15. The van der Waals surface area contributed by atoms with Crippen LogP contribution in [0.2, 0.25) is 0 Å². The standard InChI is InChI=1S/C13H18N2O3S2/c1-14-13(16)10-19-11-4-6-12(7-5-11)20(17,18)15-8-2-3-9-15/h4-7H,2-3,8-10H2,1H3,(H,14,16). The van der Waals surface area contributed by atoms with Gasteiger partial charge in [0.25, 0.3) is 0 Å². The zero-order chi connectivity index (χ0) is 14.6. The van der Waals surface area contributed by atoms with Gasteiger partial charge < -0.3 is 5.32 Å². The summed E-state index contributed by atoms with van der Waals surface area (Å²) in [6.45, 7) is 1.21. The highest BCUT2D eigenvalue weighted by Gasteiger charge is 2.26. The van der Waals surface area contributed by atoms with Crippen molar-refractivity contribution in [3.05, 3.63) is 24.3 Å². The van der Waals surface area contributed by atoms with Crippen LogP contribution < -0.4 is 5.32 Å². The summed E-state index contributed by atoms with van der Waals surface area (Å²) < 4.78 is 26.2. The second-order valence-corrected chi connectivity index (χ2v) is 7.53. The lowest BCUT2D eigenvalue weighted by atomic mass is 10.4. The molecule has 0 unspecified atom stereocenters. The monoisotopic (exact) mass is 314 g/mol. The van der Waals surface area contributed by atoms with Crippen molar-refractivity contribution in [1.82, 2.24) is 9.62 Å². The quantitative estimate of drug-likeness (QED) is 0.832. The predicted octanol–water partition coefficient (Wildman–Crippen LogP) is 1.31. The van der Waals surface area contributed by atoms with E-state index in [4.69, 9.17) is 0 Å². The number of amides is 1. The molecule has 0 spiro atoms. The fraction of sp³-hybridized carbons (Fsp3) is 0.462. The number of rotatable bonds is 5. The average molecular weight is 314 g/mol. The number of carbonyl (C=O) groups excluding carboxylic acids is 1. The van der Waals surface area contributed by atoms with Crippen molar-refractivity contribution in [3.8, 4) is 0 Å². The number of benzene rings is 1. The van der Waals surface area contributed by atoms with Gasteiger partial charge in [-0.2, -0.15) is 4.31 Å². The van der Waals surface area contributed by atoms with Crippen LogP contribution in [0.5, 0.6) is 0 Å². The highest BCUT2D eigenvalue weighted by Crippen LogP contribution is 2.24. The van der Waals surface area contributed by atoms with Gasteiger partial charge in [0.05, 0.1) is 10.6 Å². The van der Waals surface area contributed by atoms with Gasteiger partial charge in [-0.25, -0.2) is 8.42 Å². The Morgan fingerprint density at radius 3 is 2.40 bits per heavy atom. The third kappa shape index (κ3) is 3.53. The summed E-state index contributed by atoms with van der Waals surface area (Å²) in [6.07, 6.45) is 1.86. The van der Waals surface area contributed by atoms with Gasteiger partial charge in [-0.1, -0.05) is 0 Å². The number of carbonyl (C=O) groups is 1. The molecular formula is C13H18N2O3S2. The summed E-state index contributed by atoms with van der Waals surface area (Å²) >= 11 is 1.38. The van der Waals surface area contributed by atoms with Crippen LogP contribution in [-0.4, -0.2) is 44.5 Å². The summed E-state index contributed by atoms with van der Waals surface area (Å²) in [4.78, 5) is 12.4. The maximum Gasteiger partial charge on any atom is 0.243 e. The molecule has 0 radical (unpaired) electrons. The van der Waals surface area contributed by atoms with E-state index in [9.17, 15) is 13.2 Å². The first kappa shape index (κ1) is 15.3. The molecule has 2 rings (SSSR count). The maximum atomic E-state index is 12.3. The highest BCUT2D eigenvalue weighted by atomic mass is 32.2. The molecular weight excluding hydrogens is 296 g/mol. The predicted molar refractivity (Wildman–Crippen MR) is 79.2 cm³/mol. The zero-order valence-electron chi connectivity index (χ0n) is 11.3. The fourth-order valence-electron chi connectivity index (χ4n) is 2.01. The molecule has 1 aliphatic heterocycles. The van der Waals surface area contributed by atoms with Gasteiger partial charge in [0.1, 0.15) is 0 Å². The van der Waals surface area contributed by atoms with E-state index in [-0.39, 0.29) is 5.91 Å². The number of nitrogens with one attached hydrogen (secondary N) is 1. The second-order valence-electron chi connectivity index (χ2n) is 4.54. The Hall–Kier alpha value is -1.05. The minimum atomic E-state index is -3.35. The second kappa shape index (κ2) is 6.60. The van der Waals surface area contributed by atoms with E-state index in [2.05, 4.69) is 5.32 Å². The van der Waals surface area contributed by atoms with Gasteiger partial charge in [-0.05, 0) is 37.1 Å². The highest BCUT2D eigenvalue weighted by molar-refractivity contribution is 8.00. The minimum Gasteiger partial charge on any atom is -0.358 e. The van der Waals surface area contributed by atoms with Crippen molar-refractivity contribution in [2.24, 2.45) is 0 Å². The molecule has 0 aromatic heterocycles. The van der Waals surface area contributed by atoms with Gasteiger partial charge in [-0.3, -0.25) is 4.79 Å². The Balaban J connectivity index is 2.06. The number of nitrogens with zero attached hydrogens (tertiary/aromatic N) is 1. The van der Waals surface area contributed by atoms with Crippen LogP contribution in [0.25, 0.3) is 0 Å². The summed E-state index contributed by atoms with van der Waals surface area (Å²) in [6, 6.07) is 6.72. The molecule has 0 bridgehead atoms. The Kier molecular flexibility index (Phi) is 5.06. The molecule has 1 aromatic carbocycles. The average Bonchev–Trinajstić information content (AvgIpc) is 3.00. The van der Waals surface area contributed by atoms with Gasteiger partial charge in [0.15, 0.2) is 0 Å². The third-order valence-corrected chi connectivity index (χ3v) is 6.10. The molecule has 0 aliphatic carbocycles. The molecule has 1 amide bonds. The minimum absolute atomic E-state index is 0.0521. The normalized spacial score (nSPS) is 16.2. The van der Waals surface area contributed by atoms with Gasteiger partial charge >= 0.3 is 0 Å². The fourth-order valence-corrected chi connectivity index (χ4v) is 4.29. The van der Waals surface area contributed by atoms with E-state index in [1.807, 2.05) is 0 Å². The Morgan fingerprint density at radius 1 is 1.25 bits per heavy atom. The van der Waals surface area contributed by atoms with Crippen molar-refractivity contribution in [2.45, 2.75) is 22.6 Å². The molecule has 0 saturated carbocycles. The smallest absolute Gasteiger partial charge is 0.243 e. The molecule has 20 heavy (non-hydrogen) atoms. The van der Waals surface area contributed by atoms with Crippen LogP contribution in [0.1, 0.15) is 12.8 Å². The third-order valence-electron chi connectivity index (χ3n) is 3.18. The first-order valence-electron chi connectivity index (χ1n) is 6.47. The summed E-state index contributed by atoms with van der Waals surface area (Å²) in [5.74, 6) is 0.276. The van der Waals surface area contributed by atoms with Gasteiger partial charge in [-0.15, -0.1) is 11.8 Å². The van der Waals surface area contributed by atoms with E-state index < -0.39 is 10.0 Å². The Labute approximate surface area is 123 Å². The van der Waals surface area contributed by atoms with Crippen LogP contribution in [-0.2, 0) is 14.8 Å². The first-order chi connectivity index (χ1) is 9.54. The molecule has 1 heterocycles. The maximum absolute atomic E-state index is 12.3. The number of thioether (sulfide) groups is 1. The SMILES string of the molecule is CNC(=O)CSc1ccc(S(=O)(=O)N2CCCC2)cc1. The molecule has 110 valence electrons. The molecule has 0 atom stereocenters. The summed E-state index contributed by atoms with van der Waals surface area (Å²) in [5, 5.41) is 2.55. The number of sulfonamides is 1. The van der Waals surface area contributed by atoms with Crippen LogP contribution in [0.4, 0.5) is 0 Å². The molecule has 1 saturated heterocycles. The molecule has 1 fully saturated rings. The van der Waals surface area contributed by atoms with Crippen molar-refractivity contribution >= 4 is 27.7 Å². The van der Waals surface area contributed by atoms with Crippen LogP contribution in [0, 0.1) is 0 Å². The van der Waals surface area contributed by atoms with Gasteiger partial charge in [0, 0.05) is 25.0 Å². The molecule has 1 aliphatic rings. The Bertz CT molecular complexity index is 564. The summed E-state index contributed by atoms with van der Waals surface area (Å²) in [7, 11) is -1.75. The van der Waals surface area contributed by atoms with E-state index in [1.165, 1.54) is 16.1 Å². The lowest BCUT2D eigenvalue weighted by Crippen LogP contribution is -2.27. The largest absolute Gasteiger partial charge is 0.358 e. The Morgan fingerprint density at radius 2 is 1.85 bits per heavy atom. The first-order valence-corrected chi connectivity index (χ1v) is 8.90. The topological polar surface area (TPSA) is 66.5 Å². The lowest BCUT2D eigenvalue weighted by molar-refractivity contribution is -0.118. The number of hydrogen-bond donors (Lipinski definition) is 1. The van der Waals surface area contributed by atoms with E-state index in [1.54, 1.807) is 31.3 Å². The van der Waals surface area contributed by atoms with Crippen molar-refractivity contribution in [3.63, 3.8) is 0 Å². The summed E-state index contributed by atoms with van der Waals surface area (Å²) in [5.41, 5.74) is 0. The molecule has 1 N–H and O–H groups in total. The number of hydrogen-bond acceptors (Lipinski definition) is 4. The van der Waals surface area contributed by atoms with Crippen LogP contribution in [0.15, 0.2) is 34.1 Å². The van der Waals surface area contributed by atoms with Crippen LogP contribution >= 0.6 is 11.8 Å².